The van der Waals surface area contributed by atoms with Gasteiger partial charge in [0.25, 0.3) is 0 Å². The van der Waals surface area contributed by atoms with Gasteiger partial charge in [-0.25, -0.2) is 0 Å². The fourth-order valence-corrected chi connectivity index (χ4v) is 3.21. The SMILES string of the molecule is CCN(CC)Cc1c(OCC=C(C)C)cc2oc3ccccc3c(=O)c2c1O. The van der Waals surface area contributed by atoms with Crippen LogP contribution in [0.5, 0.6) is 11.5 Å². The van der Waals surface area contributed by atoms with E-state index < -0.39 is 0 Å². The maximum atomic E-state index is 13.0. The second-order valence-electron chi connectivity index (χ2n) is 7.06. The highest BCUT2D eigenvalue weighted by atomic mass is 16.5. The van der Waals surface area contributed by atoms with E-state index in [1.165, 1.54) is 0 Å². The molecule has 5 heteroatoms. The maximum absolute atomic E-state index is 13.0. The smallest absolute Gasteiger partial charge is 0.204 e. The largest absolute Gasteiger partial charge is 0.507 e. The van der Waals surface area contributed by atoms with Crippen LogP contribution in [0.3, 0.4) is 0 Å². The van der Waals surface area contributed by atoms with E-state index in [-0.39, 0.29) is 16.6 Å². The fraction of sp³-hybridized carbons (Fsp3) is 0.348. The van der Waals surface area contributed by atoms with Crippen LogP contribution in [0.4, 0.5) is 0 Å². The van der Waals surface area contributed by atoms with Crippen molar-refractivity contribution in [2.24, 2.45) is 0 Å². The van der Waals surface area contributed by atoms with Crippen molar-refractivity contribution < 1.29 is 14.3 Å². The van der Waals surface area contributed by atoms with Crippen molar-refractivity contribution in [2.75, 3.05) is 19.7 Å². The molecule has 1 heterocycles. The lowest BCUT2D eigenvalue weighted by Crippen LogP contribution is -2.23. The summed E-state index contributed by atoms with van der Waals surface area (Å²) in [5, 5.41) is 11.7. The summed E-state index contributed by atoms with van der Waals surface area (Å²) in [7, 11) is 0. The van der Waals surface area contributed by atoms with Crippen molar-refractivity contribution in [1.82, 2.24) is 4.90 Å². The lowest BCUT2D eigenvalue weighted by atomic mass is 10.1. The van der Waals surface area contributed by atoms with Crippen LogP contribution in [0.25, 0.3) is 21.9 Å². The molecule has 28 heavy (non-hydrogen) atoms. The third kappa shape index (κ3) is 3.90. The number of hydrogen-bond donors (Lipinski definition) is 1. The number of para-hydroxylation sites is 1. The van der Waals surface area contributed by atoms with Gasteiger partial charge in [-0.2, -0.15) is 0 Å². The molecule has 3 rings (SSSR count). The lowest BCUT2D eigenvalue weighted by molar-refractivity contribution is 0.279. The van der Waals surface area contributed by atoms with E-state index in [2.05, 4.69) is 18.7 Å². The number of phenols is 1. The Hall–Kier alpha value is -2.79. The summed E-state index contributed by atoms with van der Waals surface area (Å²) in [5.74, 6) is 0.476. The van der Waals surface area contributed by atoms with Gasteiger partial charge in [0.1, 0.15) is 34.7 Å². The molecule has 1 N–H and O–H groups in total. The highest BCUT2D eigenvalue weighted by Gasteiger charge is 2.20. The minimum absolute atomic E-state index is 0.0592. The molecule has 0 saturated carbocycles. The van der Waals surface area contributed by atoms with Crippen LogP contribution in [0.2, 0.25) is 0 Å². The minimum atomic E-state index is -0.231. The number of ether oxygens (including phenoxy) is 1. The molecule has 0 aliphatic carbocycles. The second kappa shape index (κ2) is 8.48. The normalized spacial score (nSPS) is 11.3. The number of hydrogen-bond acceptors (Lipinski definition) is 5. The van der Waals surface area contributed by atoms with Gasteiger partial charge >= 0.3 is 0 Å². The molecule has 2 aromatic carbocycles. The van der Waals surface area contributed by atoms with Gasteiger partial charge in [-0.05, 0) is 45.1 Å². The predicted octanol–water partition coefficient (Wildman–Crippen LogP) is 4.84. The monoisotopic (exact) mass is 381 g/mol. The van der Waals surface area contributed by atoms with Crippen molar-refractivity contribution in [3.63, 3.8) is 0 Å². The number of allylic oxidation sites excluding steroid dienone is 1. The Morgan fingerprint density at radius 1 is 1.18 bits per heavy atom. The standard InChI is InChI=1S/C23H27NO4/c1-5-24(6-2)14-17-19(27-12-11-15(3)4)13-20-21(23(17)26)22(25)16-9-7-8-10-18(16)28-20/h7-11,13,26H,5-6,12,14H2,1-4H3. The zero-order chi connectivity index (χ0) is 20.3. The number of phenolic OH excluding ortho intramolecular Hbond substituents is 1. The molecule has 0 unspecified atom stereocenters. The average molecular weight is 381 g/mol. The number of fused-ring (bicyclic) bond motifs is 2. The summed E-state index contributed by atoms with van der Waals surface area (Å²) in [6, 6.07) is 8.79. The second-order valence-corrected chi connectivity index (χ2v) is 7.06. The molecular weight excluding hydrogens is 354 g/mol. The minimum Gasteiger partial charge on any atom is -0.507 e. The van der Waals surface area contributed by atoms with E-state index in [0.29, 0.717) is 41.0 Å². The molecule has 0 saturated heterocycles. The lowest BCUT2D eigenvalue weighted by Gasteiger charge is -2.21. The van der Waals surface area contributed by atoms with Gasteiger partial charge < -0.3 is 14.3 Å². The molecule has 0 atom stereocenters. The summed E-state index contributed by atoms with van der Waals surface area (Å²) in [6.45, 7) is 10.7. The summed E-state index contributed by atoms with van der Waals surface area (Å²) in [4.78, 5) is 15.2. The Morgan fingerprint density at radius 3 is 2.57 bits per heavy atom. The highest BCUT2D eigenvalue weighted by molar-refractivity contribution is 5.94. The number of benzene rings is 2. The zero-order valence-corrected chi connectivity index (χ0v) is 16.9. The van der Waals surface area contributed by atoms with Gasteiger partial charge in [0.2, 0.25) is 5.43 Å². The Balaban J connectivity index is 2.23. The van der Waals surface area contributed by atoms with E-state index >= 15 is 0 Å². The molecular formula is C23H27NO4. The zero-order valence-electron chi connectivity index (χ0n) is 16.9. The van der Waals surface area contributed by atoms with Gasteiger partial charge in [-0.3, -0.25) is 9.69 Å². The molecule has 0 bridgehead atoms. The first-order valence-electron chi connectivity index (χ1n) is 9.65. The van der Waals surface area contributed by atoms with Crippen molar-refractivity contribution in [1.29, 1.82) is 0 Å². The number of aromatic hydroxyl groups is 1. The Kier molecular flexibility index (Phi) is 6.05. The van der Waals surface area contributed by atoms with Crippen LogP contribution >= 0.6 is 0 Å². The molecule has 3 aromatic rings. The Labute approximate surface area is 164 Å². The van der Waals surface area contributed by atoms with Crippen LogP contribution in [-0.4, -0.2) is 29.7 Å². The van der Waals surface area contributed by atoms with Crippen LogP contribution in [-0.2, 0) is 6.54 Å². The summed E-state index contributed by atoms with van der Waals surface area (Å²) < 4.78 is 11.9. The fourth-order valence-electron chi connectivity index (χ4n) is 3.21. The van der Waals surface area contributed by atoms with E-state index in [0.717, 1.165) is 18.7 Å². The molecule has 1 aromatic heterocycles. The molecule has 0 aliphatic heterocycles. The van der Waals surface area contributed by atoms with Gasteiger partial charge in [-0.1, -0.05) is 31.6 Å². The van der Waals surface area contributed by atoms with Crippen molar-refractivity contribution in [3.8, 4) is 11.5 Å². The molecule has 148 valence electrons. The van der Waals surface area contributed by atoms with Crippen molar-refractivity contribution >= 4 is 21.9 Å². The van der Waals surface area contributed by atoms with Gasteiger partial charge in [-0.15, -0.1) is 0 Å². The Morgan fingerprint density at radius 2 is 1.89 bits per heavy atom. The van der Waals surface area contributed by atoms with E-state index in [1.807, 2.05) is 26.0 Å². The molecule has 0 amide bonds. The first kappa shape index (κ1) is 20.0. The molecule has 5 nitrogen and oxygen atoms in total. The summed E-state index contributed by atoms with van der Waals surface area (Å²) in [5.41, 5.74) is 2.35. The van der Waals surface area contributed by atoms with Crippen LogP contribution < -0.4 is 10.2 Å². The molecule has 0 fully saturated rings. The van der Waals surface area contributed by atoms with Gasteiger partial charge in [0, 0.05) is 12.6 Å². The topological polar surface area (TPSA) is 62.9 Å². The van der Waals surface area contributed by atoms with Crippen LogP contribution in [0, 0.1) is 0 Å². The first-order valence-corrected chi connectivity index (χ1v) is 9.65. The van der Waals surface area contributed by atoms with Crippen molar-refractivity contribution in [2.45, 2.75) is 34.2 Å². The molecule has 0 radical (unpaired) electrons. The maximum Gasteiger partial charge on any atom is 0.204 e. The summed E-state index contributed by atoms with van der Waals surface area (Å²) >= 11 is 0. The third-order valence-electron chi connectivity index (χ3n) is 4.91. The number of rotatable bonds is 7. The quantitative estimate of drug-likeness (QED) is 0.469. The van der Waals surface area contributed by atoms with Gasteiger partial charge in [0.15, 0.2) is 0 Å². The average Bonchev–Trinajstić information content (AvgIpc) is 2.67. The van der Waals surface area contributed by atoms with Gasteiger partial charge in [0.05, 0.1) is 10.9 Å². The molecule has 0 spiro atoms. The van der Waals surface area contributed by atoms with E-state index in [4.69, 9.17) is 9.15 Å². The predicted molar refractivity (Wildman–Crippen MR) is 113 cm³/mol. The first-order chi connectivity index (χ1) is 13.5. The summed E-state index contributed by atoms with van der Waals surface area (Å²) in [6.07, 6.45) is 1.97. The van der Waals surface area contributed by atoms with E-state index in [9.17, 15) is 9.90 Å². The van der Waals surface area contributed by atoms with E-state index in [1.54, 1.807) is 24.3 Å². The Bertz CT molecular complexity index is 1070. The molecule has 0 aliphatic rings. The number of nitrogens with zero attached hydrogens (tertiary/aromatic N) is 1. The highest BCUT2D eigenvalue weighted by Crippen LogP contribution is 2.37. The third-order valence-corrected chi connectivity index (χ3v) is 4.91. The van der Waals surface area contributed by atoms with Crippen LogP contribution in [0.1, 0.15) is 33.3 Å². The van der Waals surface area contributed by atoms with Crippen molar-refractivity contribution in [3.05, 3.63) is 57.8 Å². The van der Waals surface area contributed by atoms with Crippen LogP contribution in [0.15, 0.2) is 51.2 Å².